The predicted octanol–water partition coefficient (Wildman–Crippen LogP) is 1.79. The van der Waals surface area contributed by atoms with Crippen LogP contribution in [-0.4, -0.2) is 57.3 Å². The number of carbonyl (C=O) groups is 2. The Hall–Kier alpha value is -2.64. The van der Waals surface area contributed by atoms with E-state index in [1.165, 1.54) is 0 Å². The Morgan fingerprint density at radius 2 is 1.72 bits per heavy atom. The summed E-state index contributed by atoms with van der Waals surface area (Å²) in [6.45, 7) is 1.91. The molecule has 0 bridgehead atoms. The highest BCUT2D eigenvalue weighted by Gasteiger charge is 2.34. The number of rotatable bonds is 3. The molecular weight excluding hydrogens is 324 g/mol. The first kappa shape index (κ1) is 18.7. The Morgan fingerprint density at radius 1 is 1.12 bits per heavy atom. The van der Waals surface area contributed by atoms with E-state index in [9.17, 15) is 14.7 Å². The van der Waals surface area contributed by atoms with Gasteiger partial charge in [0.05, 0.1) is 5.60 Å². The SMILES string of the molecule is CN1CCC(O)(c2cccc3[nH]ccc23)CC1.O=C(O)/C=C/C(=O)O. The van der Waals surface area contributed by atoms with Gasteiger partial charge in [0.15, 0.2) is 0 Å². The van der Waals surface area contributed by atoms with Crippen molar-refractivity contribution in [1.29, 1.82) is 0 Å². The molecule has 0 spiro atoms. The third kappa shape index (κ3) is 4.91. The minimum absolute atomic E-state index is 0.558. The summed E-state index contributed by atoms with van der Waals surface area (Å²) in [4.78, 5) is 24.6. The zero-order chi connectivity index (χ0) is 18.4. The summed E-state index contributed by atoms with van der Waals surface area (Å²) in [5.74, 6) is -2.51. The maximum absolute atomic E-state index is 10.8. The minimum atomic E-state index is -1.26. The van der Waals surface area contributed by atoms with E-state index >= 15 is 0 Å². The summed E-state index contributed by atoms with van der Waals surface area (Å²) < 4.78 is 0. The maximum Gasteiger partial charge on any atom is 0.328 e. The van der Waals surface area contributed by atoms with E-state index in [4.69, 9.17) is 10.2 Å². The quantitative estimate of drug-likeness (QED) is 0.630. The number of hydrogen-bond acceptors (Lipinski definition) is 4. The molecule has 0 amide bonds. The molecule has 0 unspecified atom stereocenters. The van der Waals surface area contributed by atoms with Crippen LogP contribution in [0.5, 0.6) is 0 Å². The maximum atomic E-state index is 10.8. The van der Waals surface area contributed by atoms with Gasteiger partial charge in [-0.25, -0.2) is 9.59 Å². The van der Waals surface area contributed by atoms with E-state index in [0.717, 1.165) is 42.4 Å². The van der Waals surface area contributed by atoms with Gasteiger partial charge in [0.25, 0.3) is 0 Å². The van der Waals surface area contributed by atoms with Gasteiger partial charge in [0.1, 0.15) is 0 Å². The number of aliphatic carboxylic acids is 2. The van der Waals surface area contributed by atoms with Crippen LogP contribution in [-0.2, 0) is 15.2 Å². The van der Waals surface area contributed by atoms with Gasteiger partial charge in [-0.05, 0) is 37.6 Å². The normalized spacial score (nSPS) is 17.2. The average molecular weight is 346 g/mol. The van der Waals surface area contributed by atoms with Gasteiger partial charge >= 0.3 is 11.9 Å². The lowest BCUT2D eigenvalue weighted by atomic mass is 9.83. The largest absolute Gasteiger partial charge is 0.478 e. The molecule has 134 valence electrons. The highest BCUT2D eigenvalue weighted by molar-refractivity contribution is 5.89. The predicted molar refractivity (Wildman–Crippen MR) is 93.3 cm³/mol. The van der Waals surface area contributed by atoms with Crippen LogP contribution in [0.2, 0.25) is 0 Å². The number of nitrogens with one attached hydrogen (secondary N) is 1. The first-order valence-electron chi connectivity index (χ1n) is 7.93. The number of carboxylic acid groups (broad SMARTS) is 2. The van der Waals surface area contributed by atoms with Crippen LogP contribution in [0.25, 0.3) is 10.9 Å². The smallest absolute Gasteiger partial charge is 0.328 e. The summed E-state index contributed by atoms with van der Waals surface area (Å²) in [6.07, 6.45) is 4.68. The van der Waals surface area contributed by atoms with Crippen LogP contribution in [0.3, 0.4) is 0 Å². The molecule has 0 radical (unpaired) electrons. The van der Waals surface area contributed by atoms with Gasteiger partial charge in [-0.2, -0.15) is 0 Å². The molecule has 1 aromatic carbocycles. The van der Waals surface area contributed by atoms with Crippen molar-refractivity contribution >= 4 is 22.8 Å². The monoisotopic (exact) mass is 346 g/mol. The fourth-order valence-electron chi connectivity index (χ4n) is 2.89. The Bertz CT molecular complexity index is 757. The zero-order valence-electron chi connectivity index (χ0n) is 14.0. The molecule has 25 heavy (non-hydrogen) atoms. The number of carboxylic acids is 2. The first-order chi connectivity index (χ1) is 11.8. The van der Waals surface area contributed by atoms with Gasteiger partial charge in [-0.3, -0.25) is 0 Å². The number of likely N-dealkylation sites (tertiary alicyclic amines) is 1. The minimum Gasteiger partial charge on any atom is -0.478 e. The number of piperidine rings is 1. The molecule has 2 heterocycles. The van der Waals surface area contributed by atoms with Gasteiger partial charge < -0.3 is 25.2 Å². The van der Waals surface area contributed by atoms with E-state index in [2.05, 4.69) is 35.1 Å². The summed E-state index contributed by atoms with van der Waals surface area (Å²) in [7, 11) is 2.11. The fraction of sp³-hybridized carbons (Fsp3) is 0.333. The van der Waals surface area contributed by atoms with Crippen molar-refractivity contribution in [3.05, 3.63) is 48.2 Å². The Kier molecular flexibility index (Phi) is 5.95. The molecule has 1 fully saturated rings. The van der Waals surface area contributed by atoms with E-state index in [-0.39, 0.29) is 0 Å². The number of aliphatic hydroxyl groups is 1. The second-order valence-electron chi connectivity index (χ2n) is 6.09. The van der Waals surface area contributed by atoms with Crippen molar-refractivity contribution in [3.63, 3.8) is 0 Å². The molecule has 1 saturated heterocycles. The number of hydrogen-bond donors (Lipinski definition) is 4. The van der Waals surface area contributed by atoms with Crippen LogP contribution in [0, 0.1) is 0 Å². The van der Waals surface area contributed by atoms with E-state index < -0.39 is 17.5 Å². The molecule has 0 saturated carbocycles. The lowest BCUT2D eigenvalue weighted by Gasteiger charge is -2.37. The molecular formula is C18H22N2O5. The van der Waals surface area contributed by atoms with Gasteiger partial charge in [-0.15, -0.1) is 0 Å². The number of aromatic amines is 1. The lowest BCUT2D eigenvalue weighted by Crippen LogP contribution is -2.40. The van der Waals surface area contributed by atoms with E-state index in [1.807, 2.05) is 12.3 Å². The van der Waals surface area contributed by atoms with Crippen LogP contribution >= 0.6 is 0 Å². The summed E-state index contributed by atoms with van der Waals surface area (Å²) >= 11 is 0. The van der Waals surface area contributed by atoms with Gasteiger partial charge in [0, 0.05) is 42.3 Å². The first-order valence-corrected chi connectivity index (χ1v) is 7.93. The molecule has 7 heteroatoms. The summed E-state index contributed by atoms with van der Waals surface area (Å²) in [6, 6.07) is 8.18. The Labute approximate surface area is 145 Å². The van der Waals surface area contributed by atoms with Gasteiger partial charge in [-0.1, -0.05) is 12.1 Å². The molecule has 2 aromatic rings. The van der Waals surface area contributed by atoms with Crippen molar-refractivity contribution < 1.29 is 24.9 Å². The Morgan fingerprint density at radius 3 is 2.28 bits per heavy atom. The second-order valence-corrected chi connectivity index (χ2v) is 6.09. The van der Waals surface area contributed by atoms with Crippen LogP contribution in [0.15, 0.2) is 42.6 Å². The fourth-order valence-corrected chi connectivity index (χ4v) is 2.89. The number of fused-ring (bicyclic) bond motifs is 1. The number of nitrogens with zero attached hydrogens (tertiary/aromatic N) is 1. The molecule has 7 nitrogen and oxygen atoms in total. The van der Waals surface area contributed by atoms with Crippen molar-refractivity contribution in [1.82, 2.24) is 9.88 Å². The molecule has 4 N–H and O–H groups in total. The summed E-state index contributed by atoms with van der Waals surface area (Å²) in [5, 5.41) is 27.6. The standard InChI is InChI=1S/C14H18N2O.C4H4O4/c1-16-9-6-14(17,7-10-16)12-3-2-4-13-11(12)5-8-15-13;5-3(6)1-2-4(7)8/h2-5,8,15,17H,6-7,9-10H2,1H3;1-2H,(H,5,6)(H,7,8)/b;2-1+. The zero-order valence-corrected chi connectivity index (χ0v) is 14.0. The molecule has 3 rings (SSSR count). The second kappa shape index (κ2) is 7.96. The third-order valence-electron chi connectivity index (χ3n) is 4.28. The van der Waals surface area contributed by atoms with Crippen molar-refractivity contribution in [2.24, 2.45) is 0 Å². The topological polar surface area (TPSA) is 114 Å². The van der Waals surface area contributed by atoms with E-state index in [1.54, 1.807) is 0 Å². The molecule has 0 aliphatic carbocycles. The Balaban J connectivity index is 0.000000242. The average Bonchev–Trinajstić information content (AvgIpc) is 3.05. The van der Waals surface area contributed by atoms with Crippen molar-refractivity contribution in [2.75, 3.05) is 20.1 Å². The highest BCUT2D eigenvalue weighted by atomic mass is 16.4. The summed E-state index contributed by atoms with van der Waals surface area (Å²) in [5.41, 5.74) is 1.52. The number of benzene rings is 1. The van der Waals surface area contributed by atoms with Crippen molar-refractivity contribution in [2.45, 2.75) is 18.4 Å². The lowest BCUT2D eigenvalue weighted by molar-refractivity contribution is -0.134. The number of aromatic nitrogens is 1. The van der Waals surface area contributed by atoms with Crippen LogP contribution in [0.4, 0.5) is 0 Å². The van der Waals surface area contributed by atoms with Crippen LogP contribution < -0.4 is 0 Å². The van der Waals surface area contributed by atoms with Gasteiger partial charge in [0.2, 0.25) is 0 Å². The molecule has 0 atom stereocenters. The number of H-pyrrole nitrogens is 1. The third-order valence-corrected chi connectivity index (χ3v) is 4.28. The highest BCUT2D eigenvalue weighted by Crippen LogP contribution is 2.36. The molecule has 1 aromatic heterocycles. The van der Waals surface area contributed by atoms with E-state index in [0.29, 0.717) is 12.2 Å². The van der Waals surface area contributed by atoms with Crippen LogP contribution in [0.1, 0.15) is 18.4 Å². The molecule has 1 aliphatic rings. The molecule has 1 aliphatic heterocycles. The van der Waals surface area contributed by atoms with Crippen molar-refractivity contribution in [3.8, 4) is 0 Å².